The Labute approximate surface area is 160 Å². The van der Waals surface area contributed by atoms with Crippen molar-refractivity contribution < 1.29 is 18.7 Å². The number of rotatable bonds is 9. The molecule has 1 saturated heterocycles. The molecule has 1 aromatic rings. The summed E-state index contributed by atoms with van der Waals surface area (Å²) in [6.07, 6.45) is 0.268. The number of benzene rings is 1. The second kappa shape index (κ2) is 11.0. The molecule has 2 N–H and O–H groups in total. The van der Waals surface area contributed by atoms with Gasteiger partial charge in [0, 0.05) is 32.6 Å². The van der Waals surface area contributed by atoms with Gasteiger partial charge in [-0.3, -0.25) is 14.5 Å². The second-order valence-electron chi connectivity index (χ2n) is 7.19. The number of carbonyl (C=O) groups excluding carboxylic acids is 2. The number of amides is 2. The molecule has 2 rings (SSSR count). The van der Waals surface area contributed by atoms with Crippen molar-refractivity contribution in [1.29, 1.82) is 0 Å². The fraction of sp³-hybridized carbons (Fsp3) is 0.600. The molecule has 0 aliphatic carbocycles. The first kappa shape index (κ1) is 21.3. The largest absolute Gasteiger partial charge is 0.379 e. The highest BCUT2D eigenvalue weighted by Gasteiger charge is 2.20. The average molecular weight is 379 g/mol. The number of hydrogen-bond acceptors (Lipinski definition) is 4. The van der Waals surface area contributed by atoms with Gasteiger partial charge in [-0.1, -0.05) is 26.0 Å². The Hall–Kier alpha value is -1.99. The fourth-order valence-corrected chi connectivity index (χ4v) is 3.14. The van der Waals surface area contributed by atoms with Gasteiger partial charge in [0.15, 0.2) is 0 Å². The second-order valence-corrected chi connectivity index (χ2v) is 7.19. The van der Waals surface area contributed by atoms with Gasteiger partial charge in [0.25, 0.3) is 0 Å². The molecule has 6 nitrogen and oxygen atoms in total. The molecule has 0 spiro atoms. The van der Waals surface area contributed by atoms with Crippen molar-refractivity contribution in [3.63, 3.8) is 0 Å². The quantitative estimate of drug-likeness (QED) is 0.683. The third-order valence-electron chi connectivity index (χ3n) is 4.81. The number of carbonyl (C=O) groups is 2. The highest BCUT2D eigenvalue weighted by Crippen LogP contribution is 2.27. The zero-order valence-corrected chi connectivity index (χ0v) is 16.2. The first-order chi connectivity index (χ1) is 13.0. The van der Waals surface area contributed by atoms with Crippen LogP contribution in [-0.4, -0.2) is 62.7 Å². The van der Waals surface area contributed by atoms with Crippen LogP contribution in [-0.2, 0) is 14.3 Å². The van der Waals surface area contributed by atoms with E-state index < -0.39 is 0 Å². The Morgan fingerprint density at radius 1 is 1.11 bits per heavy atom. The zero-order valence-electron chi connectivity index (χ0n) is 16.2. The Bertz CT molecular complexity index is 601. The number of nitrogens with one attached hydrogen (secondary N) is 2. The first-order valence-electron chi connectivity index (χ1n) is 9.54. The Morgan fingerprint density at radius 3 is 2.41 bits per heavy atom. The topological polar surface area (TPSA) is 70.7 Å². The molecule has 0 saturated carbocycles. The summed E-state index contributed by atoms with van der Waals surface area (Å²) in [6.45, 7) is 8.58. The Balaban J connectivity index is 1.70. The molecule has 1 fully saturated rings. The summed E-state index contributed by atoms with van der Waals surface area (Å²) in [6, 6.07) is 6.24. The molecular weight excluding hydrogens is 349 g/mol. The third-order valence-corrected chi connectivity index (χ3v) is 4.81. The number of nitrogens with zero attached hydrogens (tertiary/aromatic N) is 1. The van der Waals surface area contributed by atoms with E-state index in [0.717, 1.165) is 38.4 Å². The summed E-state index contributed by atoms with van der Waals surface area (Å²) >= 11 is 0. The molecule has 7 heteroatoms. The van der Waals surface area contributed by atoms with Crippen molar-refractivity contribution in [2.45, 2.75) is 26.2 Å². The van der Waals surface area contributed by atoms with E-state index in [0.29, 0.717) is 6.54 Å². The fourth-order valence-electron chi connectivity index (χ4n) is 3.14. The van der Waals surface area contributed by atoms with E-state index in [4.69, 9.17) is 4.74 Å². The minimum absolute atomic E-state index is 0.0185. The molecule has 1 aliphatic heterocycles. The van der Waals surface area contributed by atoms with Gasteiger partial charge in [-0.05, 0) is 29.5 Å². The van der Waals surface area contributed by atoms with Gasteiger partial charge in [0.2, 0.25) is 11.8 Å². The van der Waals surface area contributed by atoms with Crippen LogP contribution in [0.15, 0.2) is 24.3 Å². The Morgan fingerprint density at radius 2 is 1.78 bits per heavy atom. The summed E-state index contributed by atoms with van der Waals surface area (Å²) < 4.78 is 18.4. The summed E-state index contributed by atoms with van der Waals surface area (Å²) in [5, 5.41) is 5.50. The lowest BCUT2D eigenvalue weighted by Gasteiger charge is -2.26. The average Bonchev–Trinajstić information content (AvgIpc) is 2.66. The standard InChI is InChI=1S/C20H30FN3O3/c1-15(2)18(16-3-5-17(21)6-4-16)13-19(25)23-14-20(26)22-7-8-24-9-11-27-12-10-24/h3-6,15,18H,7-14H2,1-2H3,(H,22,26)(H,23,25). The minimum Gasteiger partial charge on any atom is -0.379 e. The van der Waals surface area contributed by atoms with E-state index in [9.17, 15) is 14.0 Å². The monoisotopic (exact) mass is 379 g/mol. The lowest BCUT2D eigenvalue weighted by Crippen LogP contribution is -2.43. The maximum Gasteiger partial charge on any atom is 0.239 e. The summed E-state index contributed by atoms with van der Waals surface area (Å²) in [4.78, 5) is 26.4. The van der Waals surface area contributed by atoms with Crippen LogP contribution in [0.25, 0.3) is 0 Å². The van der Waals surface area contributed by atoms with Gasteiger partial charge in [-0.2, -0.15) is 0 Å². The van der Waals surface area contributed by atoms with Crippen LogP contribution < -0.4 is 10.6 Å². The SMILES string of the molecule is CC(C)C(CC(=O)NCC(=O)NCCN1CCOCC1)c1ccc(F)cc1. The van der Waals surface area contributed by atoms with Crippen molar-refractivity contribution in [1.82, 2.24) is 15.5 Å². The maximum absolute atomic E-state index is 13.1. The van der Waals surface area contributed by atoms with Gasteiger partial charge in [0.05, 0.1) is 19.8 Å². The van der Waals surface area contributed by atoms with Crippen LogP contribution in [0, 0.1) is 11.7 Å². The number of morpholine rings is 1. The summed E-state index contributed by atoms with van der Waals surface area (Å²) in [7, 11) is 0. The van der Waals surface area contributed by atoms with E-state index in [1.54, 1.807) is 12.1 Å². The zero-order chi connectivity index (χ0) is 19.6. The molecule has 1 aromatic carbocycles. The Kier molecular flexibility index (Phi) is 8.67. The summed E-state index contributed by atoms with van der Waals surface area (Å²) in [5.41, 5.74) is 0.927. The van der Waals surface area contributed by atoms with Crippen molar-refractivity contribution >= 4 is 11.8 Å². The number of hydrogen-bond donors (Lipinski definition) is 2. The minimum atomic E-state index is -0.292. The van der Waals surface area contributed by atoms with Crippen LogP contribution in [0.5, 0.6) is 0 Å². The molecule has 1 unspecified atom stereocenters. The van der Waals surface area contributed by atoms with Gasteiger partial charge in [-0.25, -0.2) is 4.39 Å². The molecule has 27 heavy (non-hydrogen) atoms. The lowest BCUT2D eigenvalue weighted by molar-refractivity contribution is -0.126. The molecule has 1 heterocycles. The van der Waals surface area contributed by atoms with Crippen molar-refractivity contribution in [3.8, 4) is 0 Å². The first-order valence-corrected chi connectivity index (χ1v) is 9.54. The van der Waals surface area contributed by atoms with E-state index in [2.05, 4.69) is 15.5 Å². The van der Waals surface area contributed by atoms with E-state index >= 15 is 0 Å². The van der Waals surface area contributed by atoms with Crippen molar-refractivity contribution in [2.75, 3.05) is 45.9 Å². The summed E-state index contributed by atoms with van der Waals surface area (Å²) in [5.74, 6) is -0.459. The van der Waals surface area contributed by atoms with Gasteiger partial charge < -0.3 is 15.4 Å². The van der Waals surface area contributed by atoms with Gasteiger partial charge >= 0.3 is 0 Å². The molecule has 1 aliphatic rings. The van der Waals surface area contributed by atoms with E-state index in [1.807, 2.05) is 13.8 Å². The normalized spacial score (nSPS) is 16.1. The van der Waals surface area contributed by atoms with Crippen molar-refractivity contribution in [3.05, 3.63) is 35.6 Å². The highest BCUT2D eigenvalue weighted by atomic mass is 19.1. The van der Waals surface area contributed by atoms with Crippen LogP contribution in [0.1, 0.15) is 31.7 Å². The van der Waals surface area contributed by atoms with Crippen LogP contribution in [0.3, 0.4) is 0 Å². The predicted octanol–water partition coefficient (Wildman–Crippen LogP) is 1.52. The van der Waals surface area contributed by atoms with Gasteiger partial charge in [0.1, 0.15) is 5.82 Å². The van der Waals surface area contributed by atoms with Crippen LogP contribution in [0.4, 0.5) is 4.39 Å². The predicted molar refractivity (Wildman–Crippen MR) is 102 cm³/mol. The molecule has 0 radical (unpaired) electrons. The maximum atomic E-state index is 13.1. The number of halogens is 1. The van der Waals surface area contributed by atoms with E-state index in [1.165, 1.54) is 12.1 Å². The third kappa shape index (κ3) is 7.64. The molecule has 2 amide bonds. The van der Waals surface area contributed by atoms with Crippen LogP contribution >= 0.6 is 0 Å². The smallest absolute Gasteiger partial charge is 0.239 e. The molecule has 1 atom stereocenters. The number of ether oxygens (including phenoxy) is 1. The van der Waals surface area contributed by atoms with Crippen molar-refractivity contribution in [2.24, 2.45) is 5.92 Å². The highest BCUT2D eigenvalue weighted by molar-refractivity contribution is 5.85. The molecule has 0 bridgehead atoms. The van der Waals surface area contributed by atoms with Crippen LogP contribution in [0.2, 0.25) is 0 Å². The molecule has 150 valence electrons. The molecular formula is C20H30FN3O3. The lowest BCUT2D eigenvalue weighted by atomic mass is 9.85. The van der Waals surface area contributed by atoms with E-state index in [-0.39, 0.29) is 42.4 Å². The molecule has 0 aromatic heterocycles. The van der Waals surface area contributed by atoms with Gasteiger partial charge in [-0.15, -0.1) is 0 Å².